The van der Waals surface area contributed by atoms with Crippen LogP contribution in [-0.2, 0) is 4.74 Å². The van der Waals surface area contributed by atoms with Gasteiger partial charge in [-0.05, 0) is 41.2 Å². The highest BCUT2D eigenvalue weighted by Gasteiger charge is 2.21. The van der Waals surface area contributed by atoms with E-state index in [4.69, 9.17) is 10.6 Å². The molecule has 2 unspecified atom stereocenters. The number of nitrogens with one attached hydrogen (secondary N) is 1. The zero-order valence-corrected chi connectivity index (χ0v) is 10.7. The first-order valence-electron chi connectivity index (χ1n) is 4.51. The maximum atomic E-state index is 5.52. The molecular formula is C9H15BrN2OS. The number of halogens is 1. The molecule has 0 fully saturated rings. The standard InChI is InChI=1S/C9H15BrN2OS/c1-3-13-6(2)8(12-11)9-7(10)4-5-14-9/h4-6,8,12H,3,11H2,1-2H3. The molecule has 1 aromatic rings. The van der Waals surface area contributed by atoms with Crippen LogP contribution in [0, 0.1) is 0 Å². The molecule has 5 heteroatoms. The van der Waals surface area contributed by atoms with Crippen LogP contribution in [0.25, 0.3) is 0 Å². The molecule has 0 aromatic carbocycles. The van der Waals surface area contributed by atoms with Crippen molar-refractivity contribution >= 4 is 27.3 Å². The highest BCUT2D eigenvalue weighted by Crippen LogP contribution is 2.31. The summed E-state index contributed by atoms with van der Waals surface area (Å²) < 4.78 is 6.60. The smallest absolute Gasteiger partial charge is 0.0823 e. The average molecular weight is 279 g/mol. The fourth-order valence-electron chi connectivity index (χ4n) is 1.31. The third kappa shape index (κ3) is 2.77. The second-order valence-electron chi connectivity index (χ2n) is 2.94. The maximum Gasteiger partial charge on any atom is 0.0823 e. The number of hydrogen-bond acceptors (Lipinski definition) is 4. The zero-order valence-electron chi connectivity index (χ0n) is 8.29. The van der Waals surface area contributed by atoms with Crippen molar-refractivity contribution in [2.45, 2.75) is 26.0 Å². The van der Waals surface area contributed by atoms with Gasteiger partial charge in [0.05, 0.1) is 12.1 Å². The topological polar surface area (TPSA) is 47.3 Å². The van der Waals surface area contributed by atoms with E-state index in [0.29, 0.717) is 6.61 Å². The summed E-state index contributed by atoms with van der Waals surface area (Å²) in [6, 6.07) is 2.06. The van der Waals surface area contributed by atoms with Crippen molar-refractivity contribution in [3.63, 3.8) is 0 Å². The van der Waals surface area contributed by atoms with Crippen molar-refractivity contribution < 1.29 is 4.74 Å². The van der Waals surface area contributed by atoms with Gasteiger partial charge in [0, 0.05) is 16.0 Å². The van der Waals surface area contributed by atoms with Gasteiger partial charge in [-0.15, -0.1) is 11.3 Å². The van der Waals surface area contributed by atoms with Crippen molar-refractivity contribution in [2.75, 3.05) is 6.61 Å². The summed E-state index contributed by atoms with van der Waals surface area (Å²) in [5, 5.41) is 2.03. The van der Waals surface area contributed by atoms with Gasteiger partial charge in [-0.3, -0.25) is 5.84 Å². The Morgan fingerprint density at radius 2 is 2.43 bits per heavy atom. The lowest BCUT2D eigenvalue weighted by atomic mass is 10.1. The van der Waals surface area contributed by atoms with E-state index in [-0.39, 0.29) is 12.1 Å². The summed E-state index contributed by atoms with van der Waals surface area (Å²) in [7, 11) is 0. The molecule has 0 spiro atoms. The van der Waals surface area contributed by atoms with Crippen LogP contribution in [0.1, 0.15) is 24.8 Å². The molecule has 0 radical (unpaired) electrons. The van der Waals surface area contributed by atoms with Gasteiger partial charge in [-0.25, -0.2) is 5.43 Å². The molecular weight excluding hydrogens is 264 g/mol. The van der Waals surface area contributed by atoms with E-state index in [9.17, 15) is 0 Å². The molecule has 0 saturated heterocycles. The number of ether oxygens (including phenoxy) is 1. The Kier molecular flexibility index (Phi) is 5.05. The van der Waals surface area contributed by atoms with Crippen LogP contribution in [0.15, 0.2) is 15.9 Å². The van der Waals surface area contributed by atoms with Crippen LogP contribution in [0.2, 0.25) is 0 Å². The molecule has 2 atom stereocenters. The highest BCUT2D eigenvalue weighted by atomic mass is 79.9. The van der Waals surface area contributed by atoms with Gasteiger partial charge in [0.15, 0.2) is 0 Å². The summed E-state index contributed by atoms with van der Waals surface area (Å²) in [6.07, 6.45) is 0.0694. The van der Waals surface area contributed by atoms with E-state index in [2.05, 4.69) is 21.4 Å². The molecule has 0 aliphatic heterocycles. The highest BCUT2D eigenvalue weighted by molar-refractivity contribution is 9.10. The Hall–Kier alpha value is 0.0600. The van der Waals surface area contributed by atoms with Gasteiger partial charge in [-0.1, -0.05) is 0 Å². The van der Waals surface area contributed by atoms with E-state index in [0.717, 1.165) is 4.47 Å². The van der Waals surface area contributed by atoms with Crippen molar-refractivity contribution in [3.05, 3.63) is 20.8 Å². The van der Waals surface area contributed by atoms with Crippen molar-refractivity contribution in [2.24, 2.45) is 5.84 Å². The first-order chi connectivity index (χ1) is 6.70. The lowest BCUT2D eigenvalue weighted by Gasteiger charge is -2.22. The summed E-state index contributed by atoms with van der Waals surface area (Å²) >= 11 is 5.15. The molecule has 1 heterocycles. The Morgan fingerprint density at radius 1 is 1.71 bits per heavy atom. The van der Waals surface area contributed by atoms with Crippen LogP contribution in [0.5, 0.6) is 0 Å². The Morgan fingerprint density at radius 3 is 2.86 bits per heavy atom. The molecule has 80 valence electrons. The molecule has 0 aliphatic carbocycles. The van der Waals surface area contributed by atoms with Gasteiger partial charge in [0.1, 0.15) is 0 Å². The number of hydrogen-bond donors (Lipinski definition) is 2. The molecule has 1 rings (SSSR count). The lowest BCUT2D eigenvalue weighted by Crippen LogP contribution is -2.36. The minimum Gasteiger partial charge on any atom is -0.377 e. The molecule has 0 saturated carbocycles. The predicted molar refractivity (Wildman–Crippen MR) is 63.2 cm³/mol. The fraction of sp³-hybridized carbons (Fsp3) is 0.556. The quantitative estimate of drug-likeness (QED) is 0.643. The monoisotopic (exact) mass is 278 g/mol. The first-order valence-corrected chi connectivity index (χ1v) is 6.18. The zero-order chi connectivity index (χ0) is 10.6. The first kappa shape index (κ1) is 12.1. The molecule has 0 amide bonds. The molecule has 3 N–H and O–H groups in total. The van der Waals surface area contributed by atoms with Crippen LogP contribution < -0.4 is 11.3 Å². The normalized spacial score (nSPS) is 15.4. The van der Waals surface area contributed by atoms with Crippen molar-refractivity contribution in [1.29, 1.82) is 0 Å². The average Bonchev–Trinajstić information content (AvgIpc) is 2.54. The third-order valence-electron chi connectivity index (χ3n) is 2.01. The van der Waals surface area contributed by atoms with Crippen molar-refractivity contribution in [1.82, 2.24) is 5.43 Å². The number of hydrazine groups is 1. The fourth-order valence-corrected chi connectivity index (χ4v) is 3.08. The summed E-state index contributed by atoms with van der Waals surface area (Å²) in [5.74, 6) is 5.52. The summed E-state index contributed by atoms with van der Waals surface area (Å²) in [4.78, 5) is 1.17. The van der Waals surface area contributed by atoms with E-state index in [1.165, 1.54) is 4.88 Å². The van der Waals surface area contributed by atoms with E-state index in [1.54, 1.807) is 11.3 Å². The van der Waals surface area contributed by atoms with Crippen molar-refractivity contribution in [3.8, 4) is 0 Å². The van der Waals surface area contributed by atoms with Gasteiger partial charge in [-0.2, -0.15) is 0 Å². The molecule has 1 aromatic heterocycles. The largest absolute Gasteiger partial charge is 0.377 e. The van der Waals surface area contributed by atoms with Gasteiger partial charge in [0.2, 0.25) is 0 Å². The van der Waals surface area contributed by atoms with Gasteiger partial charge < -0.3 is 4.74 Å². The minimum absolute atomic E-state index is 0.0457. The van der Waals surface area contributed by atoms with Crippen LogP contribution >= 0.6 is 27.3 Å². The van der Waals surface area contributed by atoms with E-state index in [1.807, 2.05) is 25.3 Å². The Balaban J connectivity index is 2.76. The van der Waals surface area contributed by atoms with Crippen LogP contribution in [0.4, 0.5) is 0 Å². The molecule has 0 bridgehead atoms. The van der Waals surface area contributed by atoms with Crippen LogP contribution in [-0.4, -0.2) is 12.7 Å². The second kappa shape index (κ2) is 5.82. The van der Waals surface area contributed by atoms with E-state index >= 15 is 0 Å². The molecule has 3 nitrogen and oxygen atoms in total. The summed E-state index contributed by atoms with van der Waals surface area (Å²) in [6.45, 7) is 4.69. The maximum absolute atomic E-state index is 5.52. The summed E-state index contributed by atoms with van der Waals surface area (Å²) in [5.41, 5.74) is 2.79. The van der Waals surface area contributed by atoms with Gasteiger partial charge in [0.25, 0.3) is 0 Å². The SMILES string of the molecule is CCOC(C)C(NN)c1sccc1Br. The number of rotatable bonds is 5. The number of nitrogens with two attached hydrogens (primary N) is 1. The second-order valence-corrected chi connectivity index (χ2v) is 4.74. The predicted octanol–water partition coefficient (Wildman–Crippen LogP) is 2.44. The Labute approximate surface area is 96.7 Å². The minimum atomic E-state index is 0.0457. The molecule has 14 heavy (non-hydrogen) atoms. The Bertz CT molecular complexity index is 280. The molecule has 0 aliphatic rings. The third-order valence-corrected chi connectivity index (χ3v) is 3.96. The van der Waals surface area contributed by atoms with Crippen LogP contribution in [0.3, 0.4) is 0 Å². The number of thiophene rings is 1. The lowest BCUT2D eigenvalue weighted by molar-refractivity contribution is 0.0480. The van der Waals surface area contributed by atoms with Gasteiger partial charge >= 0.3 is 0 Å². The van der Waals surface area contributed by atoms with E-state index < -0.39 is 0 Å².